The molecule has 15 heavy (non-hydrogen) atoms. The summed E-state index contributed by atoms with van der Waals surface area (Å²) in [5, 5.41) is 0.0725. The average molecular weight is 233 g/mol. The zero-order chi connectivity index (χ0) is 11.5. The molecular formula is C8H15N3O3S. The Hall–Kier alpha value is -0.920. The molecule has 7 heteroatoms. The highest BCUT2D eigenvalue weighted by atomic mass is 32.2. The number of methoxy groups -OCH3 is 1. The number of H-pyrrole nitrogens is 1. The molecule has 86 valence electrons. The second-order valence-electron chi connectivity index (χ2n) is 3.23. The van der Waals surface area contributed by atoms with E-state index in [1.54, 1.807) is 13.8 Å². The van der Waals surface area contributed by atoms with Gasteiger partial charge in [0.05, 0.1) is 12.3 Å². The van der Waals surface area contributed by atoms with Crippen molar-refractivity contribution in [3.63, 3.8) is 0 Å². The maximum absolute atomic E-state index is 11.6. The van der Waals surface area contributed by atoms with Crippen LogP contribution in [0.4, 0.5) is 0 Å². The molecule has 1 heterocycles. The van der Waals surface area contributed by atoms with Crippen molar-refractivity contribution in [3.05, 3.63) is 12.0 Å². The van der Waals surface area contributed by atoms with Gasteiger partial charge in [-0.25, -0.2) is 18.1 Å². The number of aryl methyl sites for hydroxylation is 1. The first-order chi connectivity index (χ1) is 6.95. The van der Waals surface area contributed by atoms with Crippen molar-refractivity contribution >= 4 is 10.0 Å². The third kappa shape index (κ3) is 3.29. The van der Waals surface area contributed by atoms with Crippen LogP contribution in [0.5, 0.6) is 0 Å². The molecule has 0 saturated heterocycles. The topological polar surface area (TPSA) is 84.1 Å². The van der Waals surface area contributed by atoms with Gasteiger partial charge < -0.3 is 9.72 Å². The second kappa shape index (κ2) is 4.73. The molecule has 0 aliphatic heterocycles. The first kappa shape index (κ1) is 12.2. The van der Waals surface area contributed by atoms with Crippen LogP contribution in [0.25, 0.3) is 0 Å². The molecule has 1 aromatic heterocycles. The van der Waals surface area contributed by atoms with Crippen LogP contribution in [0.2, 0.25) is 0 Å². The molecule has 1 atom stereocenters. The highest BCUT2D eigenvalue weighted by Gasteiger charge is 2.16. The van der Waals surface area contributed by atoms with Crippen LogP contribution in [0, 0.1) is 6.92 Å². The molecule has 0 aliphatic carbocycles. The zero-order valence-corrected chi connectivity index (χ0v) is 9.76. The van der Waals surface area contributed by atoms with E-state index in [2.05, 4.69) is 14.7 Å². The van der Waals surface area contributed by atoms with E-state index >= 15 is 0 Å². The Kier molecular flexibility index (Phi) is 3.83. The molecule has 1 unspecified atom stereocenters. The molecule has 0 aliphatic rings. The molecule has 0 spiro atoms. The van der Waals surface area contributed by atoms with Crippen LogP contribution in [0.1, 0.15) is 12.7 Å². The van der Waals surface area contributed by atoms with Gasteiger partial charge in [0.1, 0.15) is 5.82 Å². The van der Waals surface area contributed by atoms with Crippen molar-refractivity contribution in [3.8, 4) is 0 Å². The van der Waals surface area contributed by atoms with Gasteiger partial charge in [0.15, 0.2) is 5.03 Å². The standard InChI is InChI=1S/C8H15N3O3S/c1-6(14-3)4-10-15(12,13)8-5-9-7(2)11-8/h5-6,10H,4H2,1-3H3,(H,9,11). The Labute approximate surface area is 89.1 Å². The van der Waals surface area contributed by atoms with Crippen molar-refractivity contribution in [1.29, 1.82) is 0 Å². The number of ether oxygens (including phenoxy) is 1. The molecule has 1 aromatic rings. The van der Waals surface area contributed by atoms with Gasteiger partial charge in [0.2, 0.25) is 0 Å². The summed E-state index contributed by atoms with van der Waals surface area (Å²) in [5.41, 5.74) is 0. The van der Waals surface area contributed by atoms with Crippen LogP contribution in [-0.4, -0.2) is 38.1 Å². The fraction of sp³-hybridized carbons (Fsp3) is 0.625. The van der Waals surface area contributed by atoms with Gasteiger partial charge in [-0.3, -0.25) is 0 Å². The lowest BCUT2D eigenvalue weighted by Gasteiger charge is -2.09. The van der Waals surface area contributed by atoms with Crippen LogP contribution in [0.15, 0.2) is 11.2 Å². The predicted molar refractivity (Wildman–Crippen MR) is 55.0 cm³/mol. The molecule has 0 aromatic carbocycles. The van der Waals surface area contributed by atoms with E-state index < -0.39 is 10.0 Å². The van der Waals surface area contributed by atoms with Crippen LogP contribution < -0.4 is 4.72 Å². The lowest BCUT2D eigenvalue weighted by molar-refractivity contribution is 0.122. The minimum absolute atomic E-state index is 0.0725. The van der Waals surface area contributed by atoms with E-state index in [1.165, 1.54) is 13.3 Å². The SMILES string of the molecule is COC(C)CNS(=O)(=O)c1cnc(C)[nH]1. The Morgan fingerprint density at radius 3 is 2.80 bits per heavy atom. The lowest BCUT2D eigenvalue weighted by Crippen LogP contribution is -2.31. The van der Waals surface area contributed by atoms with Gasteiger partial charge in [-0.1, -0.05) is 0 Å². The molecule has 0 bridgehead atoms. The Morgan fingerprint density at radius 1 is 1.67 bits per heavy atom. The van der Waals surface area contributed by atoms with Crippen molar-refractivity contribution in [2.75, 3.05) is 13.7 Å². The number of aromatic nitrogens is 2. The van der Waals surface area contributed by atoms with Crippen molar-refractivity contribution in [1.82, 2.24) is 14.7 Å². The second-order valence-corrected chi connectivity index (χ2v) is 4.97. The van der Waals surface area contributed by atoms with Gasteiger partial charge in [-0.2, -0.15) is 0 Å². The summed E-state index contributed by atoms with van der Waals surface area (Å²) in [7, 11) is -1.97. The molecule has 1 rings (SSSR count). The zero-order valence-electron chi connectivity index (χ0n) is 8.94. The summed E-state index contributed by atoms with van der Waals surface area (Å²) >= 11 is 0. The maximum atomic E-state index is 11.6. The Bertz CT molecular complexity index is 413. The van der Waals surface area contributed by atoms with Crippen molar-refractivity contribution in [2.24, 2.45) is 0 Å². The van der Waals surface area contributed by atoms with Gasteiger partial charge in [-0.15, -0.1) is 0 Å². The van der Waals surface area contributed by atoms with Gasteiger partial charge in [-0.05, 0) is 13.8 Å². The van der Waals surface area contributed by atoms with Gasteiger partial charge in [0, 0.05) is 13.7 Å². The van der Waals surface area contributed by atoms with Gasteiger partial charge in [0.25, 0.3) is 10.0 Å². The van der Waals surface area contributed by atoms with E-state index in [0.29, 0.717) is 5.82 Å². The molecule has 6 nitrogen and oxygen atoms in total. The fourth-order valence-corrected chi connectivity index (χ4v) is 2.01. The molecule has 0 saturated carbocycles. The summed E-state index contributed by atoms with van der Waals surface area (Å²) in [6.45, 7) is 3.70. The molecular weight excluding hydrogens is 218 g/mol. The van der Waals surface area contributed by atoms with Crippen LogP contribution in [0.3, 0.4) is 0 Å². The summed E-state index contributed by atoms with van der Waals surface area (Å²) in [6.07, 6.45) is 1.12. The van der Waals surface area contributed by atoms with Crippen LogP contribution >= 0.6 is 0 Å². The third-order valence-corrected chi connectivity index (χ3v) is 3.27. The van der Waals surface area contributed by atoms with Crippen molar-refractivity contribution in [2.45, 2.75) is 25.0 Å². The highest BCUT2D eigenvalue weighted by Crippen LogP contribution is 2.04. The minimum atomic E-state index is -3.49. The summed E-state index contributed by atoms with van der Waals surface area (Å²) in [6, 6.07) is 0. The predicted octanol–water partition coefficient (Wildman–Crippen LogP) is 0.0313. The average Bonchev–Trinajstić information content (AvgIpc) is 2.62. The number of hydrogen-bond donors (Lipinski definition) is 2. The highest BCUT2D eigenvalue weighted by molar-refractivity contribution is 7.89. The normalized spacial score (nSPS) is 14.1. The number of rotatable bonds is 5. The smallest absolute Gasteiger partial charge is 0.257 e. The van der Waals surface area contributed by atoms with Gasteiger partial charge >= 0.3 is 0 Å². The third-order valence-electron chi connectivity index (χ3n) is 1.93. The number of imidazole rings is 1. The maximum Gasteiger partial charge on any atom is 0.257 e. The van der Waals surface area contributed by atoms with E-state index in [-0.39, 0.29) is 17.7 Å². The Balaban J connectivity index is 2.68. The largest absolute Gasteiger partial charge is 0.380 e. The number of hydrogen-bond acceptors (Lipinski definition) is 4. The minimum Gasteiger partial charge on any atom is -0.380 e. The molecule has 0 fully saturated rings. The lowest BCUT2D eigenvalue weighted by atomic mass is 10.4. The quantitative estimate of drug-likeness (QED) is 0.751. The number of sulfonamides is 1. The van der Waals surface area contributed by atoms with E-state index in [0.717, 1.165) is 0 Å². The van der Waals surface area contributed by atoms with Crippen LogP contribution in [-0.2, 0) is 14.8 Å². The number of aromatic amines is 1. The molecule has 2 N–H and O–H groups in total. The number of nitrogens with zero attached hydrogens (tertiary/aromatic N) is 1. The van der Waals surface area contributed by atoms with E-state index in [9.17, 15) is 8.42 Å². The summed E-state index contributed by atoms with van der Waals surface area (Å²) in [5.74, 6) is 0.565. The first-order valence-electron chi connectivity index (χ1n) is 4.50. The monoisotopic (exact) mass is 233 g/mol. The van der Waals surface area contributed by atoms with E-state index in [1.807, 2.05) is 0 Å². The first-order valence-corrected chi connectivity index (χ1v) is 5.98. The van der Waals surface area contributed by atoms with E-state index in [4.69, 9.17) is 4.74 Å². The molecule has 0 radical (unpaired) electrons. The summed E-state index contributed by atoms with van der Waals surface area (Å²) in [4.78, 5) is 6.48. The molecule has 0 amide bonds. The number of nitrogens with one attached hydrogen (secondary N) is 2. The Morgan fingerprint density at radius 2 is 2.33 bits per heavy atom. The fourth-order valence-electron chi connectivity index (χ4n) is 0.923. The van der Waals surface area contributed by atoms with Crippen molar-refractivity contribution < 1.29 is 13.2 Å². The summed E-state index contributed by atoms with van der Waals surface area (Å²) < 4.78 is 30.6.